The molecule has 0 atom stereocenters. The maximum absolute atomic E-state index is 10.6. The summed E-state index contributed by atoms with van der Waals surface area (Å²) in [5, 5.41) is 0. The van der Waals surface area contributed by atoms with Crippen LogP contribution in [0.1, 0.15) is 19.3 Å². The Labute approximate surface area is 84.3 Å². The Bertz CT molecular complexity index is 513. The zero-order valence-electron chi connectivity index (χ0n) is 12.1. The Morgan fingerprint density at radius 1 is 1.54 bits per heavy atom. The molecule has 1 rings (SSSR count). The van der Waals surface area contributed by atoms with Crippen molar-refractivity contribution in [2.45, 2.75) is 6.92 Å². The lowest BCUT2D eigenvalue weighted by Crippen LogP contribution is -2.15. The van der Waals surface area contributed by atoms with Gasteiger partial charge in [-0.25, -0.2) is 0 Å². The summed E-state index contributed by atoms with van der Waals surface area (Å²) < 4.78 is 37.8. The van der Waals surface area contributed by atoms with E-state index in [1.54, 1.807) is 0 Å². The van der Waals surface area contributed by atoms with Crippen LogP contribution in [0.4, 0.5) is 0 Å². The molecule has 0 fully saturated rings. The first-order valence-corrected chi connectivity index (χ1v) is 3.64. The number of amides is 1. The van der Waals surface area contributed by atoms with Gasteiger partial charge in [-0.15, -0.1) is 0 Å². The molecule has 0 saturated carbocycles. The van der Waals surface area contributed by atoms with Crippen LogP contribution >= 0.6 is 0 Å². The first-order valence-electron chi connectivity index (χ1n) is 6.14. The molecule has 0 aliphatic heterocycles. The smallest absolute Gasteiger partial charge is 0.239 e. The number of benzene rings is 1. The number of aliphatic imine (C=N–C) groups is 1. The molecule has 0 spiro atoms. The minimum Gasteiger partial charge on any atom is -0.368 e. The van der Waals surface area contributed by atoms with Crippen LogP contribution in [-0.2, 0) is 4.79 Å². The highest BCUT2D eigenvalue weighted by atomic mass is 16.1. The molecule has 3 heteroatoms. The van der Waals surface area contributed by atoms with Gasteiger partial charge in [-0.1, -0.05) is 30.2 Å². The summed E-state index contributed by atoms with van der Waals surface area (Å²) in [7, 11) is 0. The number of carbonyl (C=O) groups is 1. The molecule has 0 aliphatic rings. The predicted molar refractivity (Wildman–Crippen MR) is 52.7 cm³/mol. The highest BCUT2D eigenvalue weighted by Crippen LogP contribution is 2.00. The Morgan fingerprint density at radius 2 is 2.15 bits per heavy atom. The molecule has 0 aliphatic carbocycles. The SMILES string of the molecule is [2H]c1c([2H])c([2H])c(C(C)=NCC(N)=O)c([2H])c1[2H]. The third-order valence-corrected chi connectivity index (χ3v) is 1.33. The second-order valence-electron chi connectivity index (χ2n) is 2.37. The van der Waals surface area contributed by atoms with E-state index in [0.717, 1.165) is 0 Å². The van der Waals surface area contributed by atoms with Crippen molar-refractivity contribution >= 4 is 11.6 Å². The quantitative estimate of drug-likeness (QED) is 0.694. The van der Waals surface area contributed by atoms with Gasteiger partial charge < -0.3 is 5.73 Å². The number of hydrogen-bond acceptors (Lipinski definition) is 2. The highest BCUT2D eigenvalue weighted by molar-refractivity contribution is 5.99. The van der Waals surface area contributed by atoms with Crippen LogP contribution in [0.25, 0.3) is 0 Å². The number of nitrogens with two attached hydrogens (primary N) is 1. The number of rotatable bonds is 3. The van der Waals surface area contributed by atoms with Crippen LogP contribution in [0.5, 0.6) is 0 Å². The van der Waals surface area contributed by atoms with Gasteiger partial charge in [0, 0.05) is 5.71 Å². The molecule has 1 aromatic carbocycles. The number of primary amides is 1. The fourth-order valence-electron chi connectivity index (χ4n) is 0.706. The van der Waals surface area contributed by atoms with Crippen molar-refractivity contribution in [1.29, 1.82) is 0 Å². The third-order valence-electron chi connectivity index (χ3n) is 1.33. The summed E-state index contributed by atoms with van der Waals surface area (Å²) in [6.07, 6.45) is 0. The summed E-state index contributed by atoms with van der Waals surface area (Å²) in [6.45, 7) is 1.19. The van der Waals surface area contributed by atoms with Gasteiger partial charge in [0.1, 0.15) is 6.54 Å². The largest absolute Gasteiger partial charge is 0.368 e. The normalized spacial score (nSPS) is 16.7. The van der Waals surface area contributed by atoms with E-state index in [1.807, 2.05) is 0 Å². The van der Waals surface area contributed by atoms with E-state index in [-0.39, 0.29) is 29.9 Å². The summed E-state index contributed by atoms with van der Waals surface area (Å²) in [5.74, 6) is -0.651. The summed E-state index contributed by atoms with van der Waals surface area (Å²) in [4.78, 5) is 14.4. The molecule has 2 N–H and O–H groups in total. The van der Waals surface area contributed by atoms with E-state index in [9.17, 15) is 4.79 Å². The average molecular weight is 181 g/mol. The van der Waals surface area contributed by atoms with Crippen molar-refractivity contribution in [3.05, 3.63) is 35.8 Å². The maximum atomic E-state index is 10.6. The van der Waals surface area contributed by atoms with Crippen LogP contribution in [0.2, 0.25) is 0 Å². The molecule has 13 heavy (non-hydrogen) atoms. The minimum absolute atomic E-state index is 0.0118. The van der Waals surface area contributed by atoms with E-state index >= 15 is 0 Å². The molecular weight excluding hydrogens is 164 g/mol. The van der Waals surface area contributed by atoms with Crippen molar-refractivity contribution < 1.29 is 11.6 Å². The molecule has 0 saturated heterocycles. The van der Waals surface area contributed by atoms with Gasteiger partial charge in [-0.05, 0) is 12.5 Å². The minimum atomic E-state index is -0.651. The van der Waals surface area contributed by atoms with Crippen molar-refractivity contribution in [2.24, 2.45) is 10.7 Å². The van der Waals surface area contributed by atoms with Crippen molar-refractivity contribution in [2.75, 3.05) is 6.54 Å². The van der Waals surface area contributed by atoms with Gasteiger partial charge >= 0.3 is 0 Å². The monoisotopic (exact) mass is 181 g/mol. The molecule has 68 valence electrons. The number of hydrogen-bond donors (Lipinski definition) is 1. The molecule has 0 aromatic heterocycles. The molecular formula is C10H12N2O. The highest BCUT2D eigenvalue weighted by Gasteiger charge is 1.95. The van der Waals surface area contributed by atoms with E-state index in [1.165, 1.54) is 6.92 Å². The van der Waals surface area contributed by atoms with Gasteiger partial charge in [-0.3, -0.25) is 9.79 Å². The first kappa shape index (κ1) is 4.56. The Hall–Kier alpha value is -1.64. The second-order valence-corrected chi connectivity index (χ2v) is 2.37. The molecule has 0 unspecified atom stereocenters. The summed E-state index contributed by atoms with van der Waals surface area (Å²) >= 11 is 0. The number of carbonyl (C=O) groups excluding carboxylic acids is 1. The topological polar surface area (TPSA) is 55.4 Å². The van der Waals surface area contributed by atoms with Crippen LogP contribution in [0.15, 0.2) is 35.2 Å². The molecule has 0 bridgehead atoms. The lowest BCUT2D eigenvalue weighted by atomic mass is 10.1. The Morgan fingerprint density at radius 3 is 2.69 bits per heavy atom. The molecule has 0 heterocycles. The van der Waals surface area contributed by atoms with Crippen LogP contribution in [0.3, 0.4) is 0 Å². The average Bonchev–Trinajstić information content (AvgIpc) is 2.31. The van der Waals surface area contributed by atoms with E-state index < -0.39 is 24.0 Å². The Balaban J connectivity index is 3.42. The second kappa shape index (κ2) is 4.40. The van der Waals surface area contributed by atoms with Crippen LogP contribution in [0, 0.1) is 0 Å². The number of nitrogens with zero attached hydrogens (tertiary/aromatic N) is 1. The zero-order chi connectivity index (χ0) is 14.0. The molecule has 1 amide bonds. The summed E-state index contributed by atoms with van der Waals surface area (Å²) in [5.41, 5.74) is 5.11. The van der Waals surface area contributed by atoms with Gasteiger partial charge in [0.05, 0.1) is 6.85 Å². The maximum Gasteiger partial charge on any atom is 0.239 e. The third kappa shape index (κ3) is 3.07. The molecule has 3 nitrogen and oxygen atoms in total. The fourth-order valence-corrected chi connectivity index (χ4v) is 0.706. The summed E-state index contributed by atoms with van der Waals surface area (Å²) in [6, 6.07) is -2.01. The van der Waals surface area contributed by atoms with Gasteiger partial charge in [-0.2, -0.15) is 0 Å². The Kier molecular flexibility index (Phi) is 1.54. The van der Waals surface area contributed by atoms with E-state index in [4.69, 9.17) is 12.6 Å². The van der Waals surface area contributed by atoms with E-state index in [0.29, 0.717) is 0 Å². The van der Waals surface area contributed by atoms with Crippen molar-refractivity contribution in [3.63, 3.8) is 0 Å². The standard InChI is InChI=1S/C10H12N2O/c1-8(12-7-10(11)13)9-5-3-2-4-6-9/h2-6H,7H2,1H3,(H2,11,13)/i2D,3D,4D,5D,6D. The van der Waals surface area contributed by atoms with Crippen molar-refractivity contribution in [1.82, 2.24) is 0 Å². The fraction of sp³-hybridized carbons (Fsp3) is 0.200. The van der Waals surface area contributed by atoms with Gasteiger partial charge in [0.2, 0.25) is 5.91 Å². The van der Waals surface area contributed by atoms with Crippen molar-refractivity contribution in [3.8, 4) is 0 Å². The molecule has 1 aromatic rings. The zero-order valence-corrected chi connectivity index (χ0v) is 7.14. The lowest BCUT2D eigenvalue weighted by molar-refractivity contribution is -0.116. The molecule has 0 radical (unpaired) electrons. The first-order chi connectivity index (χ1) is 8.27. The van der Waals surface area contributed by atoms with Gasteiger partial charge in [0.15, 0.2) is 0 Å². The lowest BCUT2D eigenvalue weighted by Gasteiger charge is -1.98. The van der Waals surface area contributed by atoms with Crippen LogP contribution < -0.4 is 5.73 Å². The van der Waals surface area contributed by atoms with Gasteiger partial charge in [0.25, 0.3) is 0 Å². The van der Waals surface area contributed by atoms with Crippen LogP contribution in [-0.4, -0.2) is 18.2 Å². The van der Waals surface area contributed by atoms with E-state index in [2.05, 4.69) is 4.99 Å². The predicted octanol–water partition coefficient (Wildman–Crippen LogP) is 0.981.